The van der Waals surface area contributed by atoms with E-state index in [0.717, 1.165) is 66.9 Å². The summed E-state index contributed by atoms with van der Waals surface area (Å²) in [7, 11) is 0. The molecule has 8 aromatic rings. The second-order valence-electron chi connectivity index (χ2n) is 9.32. The van der Waals surface area contributed by atoms with Crippen LogP contribution in [0.15, 0.2) is 121 Å². The third-order valence-electron chi connectivity index (χ3n) is 7.15. The first kappa shape index (κ1) is 20.1. The SMILES string of the molecule is c1ccc(-c2nc(-c3ccc4c(c3)c3c(-c5ccccc5)nc5cccc4n53)nc3ccccc23)cc1. The first-order valence-corrected chi connectivity index (χ1v) is 12.4. The maximum atomic E-state index is 5.10. The van der Waals surface area contributed by atoms with Crippen molar-refractivity contribution in [2.75, 3.05) is 0 Å². The van der Waals surface area contributed by atoms with Gasteiger partial charge in [0.1, 0.15) is 5.65 Å². The summed E-state index contributed by atoms with van der Waals surface area (Å²) in [6, 6.07) is 41.9. The third kappa shape index (κ3) is 2.99. The molecule has 0 radical (unpaired) electrons. The molecule has 0 aliphatic rings. The summed E-state index contributed by atoms with van der Waals surface area (Å²) in [6.07, 6.45) is 0. The molecular formula is C33H20N4. The van der Waals surface area contributed by atoms with Crippen LogP contribution in [-0.2, 0) is 0 Å². The molecule has 8 rings (SSSR count). The van der Waals surface area contributed by atoms with Gasteiger partial charge in [0, 0.05) is 32.8 Å². The minimum absolute atomic E-state index is 0.721. The van der Waals surface area contributed by atoms with E-state index >= 15 is 0 Å². The lowest BCUT2D eigenvalue weighted by Crippen LogP contribution is -1.95. The van der Waals surface area contributed by atoms with E-state index in [2.05, 4.69) is 101 Å². The molecule has 0 saturated carbocycles. The highest BCUT2D eigenvalue weighted by molar-refractivity contribution is 6.14. The Kier molecular flexibility index (Phi) is 4.19. The summed E-state index contributed by atoms with van der Waals surface area (Å²) in [5.74, 6) is 0.721. The highest BCUT2D eigenvalue weighted by Gasteiger charge is 2.20. The van der Waals surface area contributed by atoms with Gasteiger partial charge in [-0.3, -0.25) is 4.40 Å². The largest absolute Gasteiger partial charge is 0.292 e. The average Bonchev–Trinajstić information content (AvgIpc) is 3.53. The monoisotopic (exact) mass is 472 g/mol. The van der Waals surface area contributed by atoms with Crippen molar-refractivity contribution >= 4 is 38.4 Å². The Balaban J connectivity index is 1.42. The van der Waals surface area contributed by atoms with Gasteiger partial charge in [-0.25, -0.2) is 15.0 Å². The Morgan fingerprint density at radius 3 is 2.00 bits per heavy atom. The molecule has 0 bridgehead atoms. The van der Waals surface area contributed by atoms with Crippen LogP contribution >= 0.6 is 0 Å². The molecule has 0 spiro atoms. The fraction of sp³-hybridized carbons (Fsp3) is 0. The Hall–Kier alpha value is -5.09. The summed E-state index contributed by atoms with van der Waals surface area (Å²) >= 11 is 0. The summed E-state index contributed by atoms with van der Waals surface area (Å²) in [5.41, 5.74) is 9.30. The second-order valence-corrected chi connectivity index (χ2v) is 9.32. The highest BCUT2D eigenvalue weighted by Crippen LogP contribution is 2.39. The number of aromatic nitrogens is 4. The van der Waals surface area contributed by atoms with Gasteiger partial charge in [-0.2, -0.15) is 0 Å². The maximum absolute atomic E-state index is 5.10. The summed E-state index contributed by atoms with van der Waals surface area (Å²) < 4.78 is 2.27. The van der Waals surface area contributed by atoms with Gasteiger partial charge in [0.2, 0.25) is 0 Å². The normalized spacial score (nSPS) is 11.8. The molecule has 37 heavy (non-hydrogen) atoms. The molecule has 4 aromatic carbocycles. The molecule has 4 heteroatoms. The van der Waals surface area contributed by atoms with Crippen LogP contribution in [-0.4, -0.2) is 19.4 Å². The van der Waals surface area contributed by atoms with Crippen LogP contribution in [0.3, 0.4) is 0 Å². The van der Waals surface area contributed by atoms with E-state index in [0.29, 0.717) is 0 Å². The zero-order valence-electron chi connectivity index (χ0n) is 19.8. The lowest BCUT2D eigenvalue weighted by molar-refractivity contribution is 1.23. The van der Waals surface area contributed by atoms with Gasteiger partial charge in [0.25, 0.3) is 0 Å². The van der Waals surface area contributed by atoms with Crippen molar-refractivity contribution in [1.82, 2.24) is 19.4 Å². The molecule has 0 aliphatic heterocycles. The number of hydrogen-bond donors (Lipinski definition) is 0. The van der Waals surface area contributed by atoms with Crippen molar-refractivity contribution in [2.24, 2.45) is 0 Å². The van der Waals surface area contributed by atoms with E-state index in [-0.39, 0.29) is 0 Å². The van der Waals surface area contributed by atoms with E-state index in [1.807, 2.05) is 24.3 Å². The topological polar surface area (TPSA) is 43.1 Å². The molecule has 0 amide bonds. The van der Waals surface area contributed by atoms with Gasteiger partial charge >= 0.3 is 0 Å². The zero-order chi connectivity index (χ0) is 24.3. The minimum Gasteiger partial charge on any atom is -0.292 e. The van der Waals surface area contributed by atoms with Crippen LogP contribution in [0.5, 0.6) is 0 Å². The maximum Gasteiger partial charge on any atom is 0.160 e. The van der Waals surface area contributed by atoms with Crippen LogP contribution in [0.2, 0.25) is 0 Å². The van der Waals surface area contributed by atoms with Crippen LogP contribution < -0.4 is 0 Å². The van der Waals surface area contributed by atoms with Gasteiger partial charge in [-0.15, -0.1) is 0 Å². The molecule has 0 aliphatic carbocycles. The lowest BCUT2D eigenvalue weighted by Gasteiger charge is -2.09. The molecule has 0 saturated heterocycles. The average molecular weight is 473 g/mol. The van der Waals surface area contributed by atoms with E-state index in [1.54, 1.807) is 0 Å². The van der Waals surface area contributed by atoms with Crippen molar-refractivity contribution < 1.29 is 0 Å². The van der Waals surface area contributed by atoms with Crippen molar-refractivity contribution in [3.05, 3.63) is 121 Å². The molecule has 4 heterocycles. The number of fused-ring (bicyclic) bond motifs is 4. The van der Waals surface area contributed by atoms with Crippen molar-refractivity contribution in [1.29, 1.82) is 0 Å². The molecular weight excluding hydrogens is 452 g/mol. The highest BCUT2D eigenvalue weighted by atomic mass is 15.0. The van der Waals surface area contributed by atoms with E-state index < -0.39 is 0 Å². The fourth-order valence-corrected chi connectivity index (χ4v) is 5.47. The molecule has 0 fully saturated rings. The van der Waals surface area contributed by atoms with Crippen molar-refractivity contribution in [2.45, 2.75) is 0 Å². The van der Waals surface area contributed by atoms with Gasteiger partial charge in [0.15, 0.2) is 5.82 Å². The Morgan fingerprint density at radius 1 is 0.459 bits per heavy atom. The smallest absolute Gasteiger partial charge is 0.160 e. The molecule has 0 unspecified atom stereocenters. The van der Waals surface area contributed by atoms with Gasteiger partial charge in [0.05, 0.1) is 27.9 Å². The molecule has 172 valence electrons. The standard InChI is InChI=1S/C33H20N4/c1-3-10-21(11-4-1)30-25-14-7-8-15-27(25)34-33(36-30)23-18-19-24-26(20-23)32-31(22-12-5-2-6-13-22)35-29-17-9-16-28(24)37(29)32/h1-20H. The fourth-order valence-electron chi connectivity index (χ4n) is 5.47. The number of pyridine rings is 1. The molecule has 0 atom stereocenters. The summed E-state index contributed by atoms with van der Waals surface area (Å²) in [5, 5.41) is 3.41. The van der Waals surface area contributed by atoms with Crippen LogP contribution in [0.1, 0.15) is 0 Å². The van der Waals surface area contributed by atoms with Crippen LogP contribution in [0, 0.1) is 0 Å². The van der Waals surface area contributed by atoms with Crippen molar-refractivity contribution in [3.8, 4) is 33.9 Å². The number of benzene rings is 4. The third-order valence-corrected chi connectivity index (χ3v) is 7.15. The van der Waals surface area contributed by atoms with Crippen LogP contribution in [0.4, 0.5) is 0 Å². The van der Waals surface area contributed by atoms with E-state index in [4.69, 9.17) is 15.0 Å². The number of rotatable bonds is 3. The number of imidazole rings is 1. The number of para-hydroxylation sites is 1. The first-order valence-electron chi connectivity index (χ1n) is 12.4. The number of hydrogen-bond acceptors (Lipinski definition) is 3. The summed E-state index contributed by atoms with van der Waals surface area (Å²) in [6.45, 7) is 0. The predicted molar refractivity (Wildman–Crippen MR) is 151 cm³/mol. The minimum atomic E-state index is 0.721. The first-order chi connectivity index (χ1) is 18.3. The predicted octanol–water partition coefficient (Wildman–Crippen LogP) is 8.02. The van der Waals surface area contributed by atoms with Gasteiger partial charge in [-0.1, -0.05) is 97.1 Å². The Labute approximate surface area is 212 Å². The molecule has 4 nitrogen and oxygen atoms in total. The van der Waals surface area contributed by atoms with Crippen molar-refractivity contribution in [3.63, 3.8) is 0 Å². The molecule has 0 N–H and O–H groups in total. The van der Waals surface area contributed by atoms with Gasteiger partial charge < -0.3 is 0 Å². The zero-order valence-corrected chi connectivity index (χ0v) is 19.8. The van der Waals surface area contributed by atoms with E-state index in [9.17, 15) is 0 Å². The number of nitrogens with zero attached hydrogens (tertiary/aromatic N) is 4. The Morgan fingerprint density at radius 2 is 1.19 bits per heavy atom. The Bertz CT molecular complexity index is 2080. The van der Waals surface area contributed by atoms with E-state index in [1.165, 1.54) is 5.39 Å². The second kappa shape index (κ2) is 7.70. The lowest BCUT2D eigenvalue weighted by atomic mass is 10.0. The van der Waals surface area contributed by atoms with Crippen LogP contribution in [0.25, 0.3) is 72.3 Å². The van der Waals surface area contributed by atoms with Gasteiger partial charge in [-0.05, 0) is 24.3 Å². The quantitative estimate of drug-likeness (QED) is 0.261. The molecule has 4 aromatic heterocycles. The summed E-state index contributed by atoms with van der Waals surface area (Å²) in [4.78, 5) is 15.1.